The number of benzene rings is 1. The lowest BCUT2D eigenvalue weighted by atomic mass is 10.1. The van der Waals surface area contributed by atoms with Gasteiger partial charge in [0.05, 0.1) is 18.0 Å². The molecule has 2 rings (SSSR count). The van der Waals surface area contributed by atoms with Crippen LogP contribution in [0.15, 0.2) is 34.4 Å². The SMILES string of the molecule is CCN1N=C(C)C(=Nc2ccc(C(O)NCCO)cc2)C1=N. The van der Waals surface area contributed by atoms with Gasteiger partial charge in [-0.15, -0.1) is 0 Å². The van der Waals surface area contributed by atoms with Gasteiger partial charge in [0.2, 0.25) is 0 Å². The van der Waals surface area contributed by atoms with Gasteiger partial charge >= 0.3 is 0 Å². The van der Waals surface area contributed by atoms with E-state index in [0.717, 1.165) is 5.71 Å². The summed E-state index contributed by atoms with van der Waals surface area (Å²) in [4.78, 5) is 4.46. The fourth-order valence-electron chi connectivity index (χ4n) is 2.11. The normalized spacial score (nSPS) is 18.0. The Morgan fingerprint density at radius 1 is 1.36 bits per heavy atom. The van der Waals surface area contributed by atoms with Crippen LogP contribution in [0.4, 0.5) is 5.69 Å². The molecule has 0 fully saturated rings. The quantitative estimate of drug-likeness (QED) is 0.589. The molecule has 4 N–H and O–H groups in total. The van der Waals surface area contributed by atoms with Crippen molar-refractivity contribution in [2.75, 3.05) is 19.7 Å². The number of aliphatic hydroxyl groups excluding tert-OH is 2. The molecule has 7 heteroatoms. The smallest absolute Gasteiger partial charge is 0.169 e. The highest BCUT2D eigenvalue weighted by molar-refractivity contribution is 6.69. The van der Waals surface area contributed by atoms with E-state index in [0.29, 0.717) is 35.9 Å². The minimum Gasteiger partial charge on any atom is -0.395 e. The fraction of sp³-hybridized carbons (Fsp3) is 0.400. The number of rotatable bonds is 6. The molecule has 0 aromatic heterocycles. The summed E-state index contributed by atoms with van der Waals surface area (Å²) in [6.45, 7) is 4.70. The van der Waals surface area contributed by atoms with Crippen LogP contribution in [0.25, 0.3) is 0 Å². The van der Waals surface area contributed by atoms with Crippen molar-refractivity contribution in [3.05, 3.63) is 29.8 Å². The Morgan fingerprint density at radius 3 is 2.59 bits per heavy atom. The molecule has 0 aliphatic carbocycles. The maximum absolute atomic E-state index is 9.86. The summed E-state index contributed by atoms with van der Waals surface area (Å²) in [7, 11) is 0. The molecule has 1 aromatic rings. The van der Waals surface area contributed by atoms with Crippen molar-refractivity contribution in [3.63, 3.8) is 0 Å². The van der Waals surface area contributed by atoms with E-state index in [-0.39, 0.29) is 6.61 Å². The first-order chi connectivity index (χ1) is 10.6. The molecule has 0 saturated heterocycles. The topological polar surface area (TPSA) is 104 Å². The van der Waals surface area contributed by atoms with Gasteiger partial charge in [0.25, 0.3) is 0 Å². The average Bonchev–Trinajstić information content (AvgIpc) is 2.80. The zero-order chi connectivity index (χ0) is 16.1. The largest absolute Gasteiger partial charge is 0.395 e. The summed E-state index contributed by atoms with van der Waals surface area (Å²) in [5.41, 5.74) is 2.68. The molecule has 1 heterocycles. The van der Waals surface area contributed by atoms with E-state index in [9.17, 15) is 5.11 Å². The number of nitrogens with one attached hydrogen (secondary N) is 2. The molecule has 0 bridgehead atoms. The summed E-state index contributed by atoms with van der Waals surface area (Å²) in [5.74, 6) is 0.300. The van der Waals surface area contributed by atoms with Crippen LogP contribution in [0.2, 0.25) is 0 Å². The van der Waals surface area contributed by atoms with E-state index in [1.807, 2.05) is 13.8 Å². The number of hydrogen-bond donors (Lipinski definition) is 4. The van der Waals surface area contributed by atoms with E-state index in [2.05, 4.69) is 15.4 Å². The van der Waals surface area contributed by atoms with Crippen LogP contribution >= 0.6 is 0 Å². The van der Waals surface area contributed by atoms with Crippen molar-refractivity contribution in [1.82, 2.24) is 10.3 Å². The maximum Gasteiger partial charge on any atom is 0.169 e. The van der Waals surface area contributed by atoms with Gasteiger partial charge in [-0.25, -0.2) is 10.0 Å². The second-order valence-electron chi connectivity index (χ2n) is 4.88. The Kier molecular flexibility index (Phi) is 5.37. The van der Waals surface area contributed by atoms with Crippen LogP contribution in [0.3, 0.4) is 0 Å². The van der Waals surface area contributed by atoms with Crippen molar-refractivity contribution in [3.8, 4) is 0 Å². The van der Waals surface area contributed by atoms with Crippen LogP contribution in [0.5, 0.6) is 0 Å². The van der Waals surface area contributed by atoms with E-state index in [1.165, 1.54) is 0 Å². The third-order valence-corrected chi connectivity index (χ3v) is 3.29. The molecule has 1 aliphatic heterocycles. The summed E-state index contributed by atoms with van der Waals surface area (Å²) in [6.07, 6.45) is -0.822. The Balaban J connectivity index is 2.13. The van der Waals surface area contributed by atoms with Gasteiger partial charge in [0, 0.05) is 13.1 Å². The lowest BCUT2D eigenvalue weighted by Gasteiger charge is -2.12. The van der Waals surface area contributed by atoms with Crippen molar-refractivity contribution >= 4 is 22.9 Å². The molecule has 0 spiro atoms. The molecular weight excluding hydrogens is 282 g/mol. The van der Waals surface area contributed by atoms with Crippen LogP contribution in [-0.4, -0.2) is 52.2 Å². The highest BCUT2D eigenvalue weighted by atomic mass is 16.3. The number of hydrogen-bond acceptors (Lipinski definition) is 6. The van der Waals surface area contributed by atoms with Crippen molar-refractivity contribution in [2.45, 2.75) is 20.1 Å². The average molecular weight is 303 g/mol. The van der Waals surface area contributed by atoms with Crippen molar-refractivity contribution in [1.29, 1.82) is 5.41 Å². The highest BCUT2D eigenvalue weighted by Gasteiger charge is 2.24. The number of hydrazone groups is 1. The first-order valence-electron chi connectivity index (χ1n) is 7.19. The van der Waals surface area contributed by atoms with Gasteiger partial charge in [0.15, 0.2) is 5.84 Å². The maximum atomic E-state index is 9.86. The van der Waals surface area contributed by atoms with Gasteiger partial charge in [-0.3, -0.25) is 10.7 Å². The zero-order valence-corrected chi connectivity index (χ0v) is 12.7. The molecule has 1 atom stereocenters. The number of amidine groups is 1. The van der Waals surface area contributed by atoms with Gasteiger partial charge in [0.1, 0.15) is 11.9 Å². The minimum atomic E-state index is -0.822. The van der Waals surface area contributed by atoms with Gasteiger partial charge in [-0.05, 0) is 31.5 Å². The monoisotopic (exact) mass is 303 g/mol. The molecule has 1 aromatic carbocycles. The summed E-state index contributed by atoms with van der Waals surface area (Å²) in [5, 5.41) is 35.3. The molecule has 0 saturated carbocycles. The second kappa shape index (κ2) is 7.26. The van der Waals surface area contributed by atoms with Crippen molar-refractivity contribution in [2.24, 2.45) is 10.1 Å². The van der Waals surface area contributed by atoms with Gasteiger partial charge < -0.3 is 10.2 Å². The van der Waals surface area contributed by atoms with Crippen molar-refractivity contribution < 1.29 is 10.2 Å². The lowest BCUT2D eigenvalue weighted by molar-refractivity contribution is 0.129. The molecule has 118 valence electrons. The molecule has 0 amide bonds. The Hall–Kier alpha value is -2.09. The molecule has 1 aliphatic rings. The Bertz CT molecular complexity index is 594. The Labute approximate surface area is 129 Å². The van der Waals surface area contributed by atoms with Gasteiger partial charge in [-0.2, -0.15) is 5.10 Å². The summed E-state index contributed by atoms with van der Waals surface area (Å²) in [6, 6.07) is 7.08. The molecule has 0 radical (unpaired) electrons. The Morgan fingerprint density at radius 2 is 2.05 bits per heavy atom. The second-order valence-corrected chi connectivity index (χ2v) is 4.88. The standard InChI is InChI=1S/C15H21N5O2/c1-3-20-14(16)13(10(2)19-20)18-12-6-4-11(5-7-12)15(22)17-8-9-21/h4-7,15-17,21-22H,3,8-9H2,1-2H3. The van der Waals surface area contributed by atoms with E-state index in [4.69, 9.17) is 10.5 Å². The van der Waals surface area contributed by atoms with Crippen LogP contribution in [0, 0.1) is 5.41 Å². The minimum absolute atomic E-state index is 0.0303. The van der Waals surface area contributed by atoms with E-state index >= 15 is 0 Å². The molecule has 22 heavy (non-hydrogen) atoms. The first kappa shape index (κ1) is 16.3. The number of aliphatic imine (C=N–C) groups is 1. The summed E-state index contributed by atoms with van der Waals surface area (Å²) < 4.78 is 0. The molecule has 1 unspecified atom stereocenters. The third-order valence-electron chi connectivity index (χ3n) is 3.29. The molecule has 7 nitrogen and oxygen atoms in total. The third kappa shape index (κ3) is 3.56. The van der Waals surface area contributed by atoms with E-state index in [1.54, 1.807) is 29.3 Å². The van der Waals surface area contributed by atoms with Crippen LogP contribution in [-0.2, 0) is 0 Å². The molecular formula is C15H21N5O2. The summed E-state index contributed by atoms with van der Waals surface area (Å²) >= 11 is 0. The zero-order valence-electron chi connectivity index (χ0n) is 12.7. The lowest BCUT2D eigenvalue weighted by Crippen LogP contribution is -2.26. The predicted octanol–water partition coefficient (Wildman–Crippen LogP) is 1.02. The van der Waals surface area contributed by atoms with Crippen LogP contribution in [0.1, 0.15) is 25.6 Å². The van der Waals surface area contributed by atoms with E-state index < -0.39 is 6.23 Å². The highest BCUT2D eigenvalue weighted by Crippen LogP contribution is 2.19. The fourth-order valence-corrected chi connectivity index (χ4v) is 2.11. The number of aliphatic hydroxyl groups is 2. The first-order valence-corrected chi connectivity index (χ1v) is 7.19. The predicted molar refractivity (Wildman–Crippen MR) is 86.8 cm³/mol. The van der Waals surface area contributed by atoms with Crippen LogP contribution < -0.4 is 5.32 Å². The van der Waals surface area contributed by atoms with Gasteiger partial charge in [-0.1, -0.05) is 12.1 Å². The number of nitrogens with zero attached hydrogens (tertiary/aromatic N) is 3.